The topological polar surface area (TPSA) is 35.2 Å². The van der Waals surface area contributed by atoms with Gasteiger partial charge in [-0.2, -0.15) is 0 Å². The van der Waals surface area contributed by atoms with E-state index in [1.807, 2.05) is 18.2 Å². The monoisotopic (exact) mass is 399 g/mol. The van der Waals surface area contributed by atoms with Gasteiger partial charge in [-0.1, -0.05) is 22.0 Å². The zero-order valence-corrected chi connectivity index (χ0v) is 13.6. The van der Waals surface area contributed by atoms with E-state index in [0.29, 0.717) is 10.9 Å². The van der Waals surface area contributed by atoms with Gasteiger partial charge in [0.1, 0.15) is 17.7 Å². The molecule has 0 bridgehead atoms. The molecule has 0 fully saturated rings. The molecule has 5 heteroatoms. The van der Waals surface area contributed by atoms with Gasteiger partial charge >= 0.3 is 0 Å². The van der Waals surface area contributed by atoms with Crippen molar-refractivity contribution in [2.75, 3.05) is 0 Å². The molecule has 1 heterocycles. The molecule has 0 saturated heterocycles. The lowest BCUT2D eigenvalue weighted by Crippen LogP contribution is -2.24. The lowest BCUT2D eigenvalue weighted by atomic mass is 9.94. The number of hydrogen-bond donors (Lipinski definition) is 1. The molecule has 1 aliphatic heterocycles. The summed E-state index contributed by atoms with van der Waals surface area (Å²) >= 11 is 6.64. The minimum absolute atomic E-state index is 0.0925. The Kier molecular flexibility index (Phi) is 3.84. The molecule has 2 aromatic carbocycles. The average Bonchev–Trinajstić information content (AvgIpc) is 2.42. The van der Waals surface area contributed by atoms with Crippen molar-refractivity contribution in [3.05, 3.63) is 62.3 Å². The highest BCUT2D eigenvalue weighted by atomic mass is 79.9. The first kappa shape index (κ1) is 14.0. The largest absolute Gasteiger partial charge is 0.485 e. The fourth-order valence-corrected chi connectivity index (χ4v) is 3.17. The summed E-state index contributed by atoms with van der Waals surface area (Å²) in [5.74, 6) is 0.510. The molecule has 1 unspecified atom stereocenters. The molecule has 1 aliphatic rings. The van der Waals surface area contributed by atoms with Crippen LogP contribution >= 0.6 is 31.9 Å². The lowest BCUT2D eigenvalue weighted by molar-refractivity contribution is 0.161. The molecule has 2 aromatic rings. The Morgan fingerprint density at radius 2 is 1.95 bits per heavy atom. The molecule has 0 saturated carbocycles. The van der Waals surface area contributed by atoms with Gasteiger partial charge in [0, 0.05) is 22.5 Å². The zero-order valence-electron chi connectivity index (χ0n) is 10.4. The Hall–Kier alpha value is -0.910. The number of halogens is 3. The van der Waals surface area contributed by atoms with Gasteiger partial charge in [0.25, 0.3) is 0 Å². The molecule has 0 amide bonds. The van der Waals surface area contributed by atoms with Gasteiger partial charge < -0.3 is 10.5 Å². The number of nitrogens with two attached hydrogens (primary N) is 1. The second-order valence-electron chi connectivity index (χ2n) is 4.80. The second kappa shape index (κ2) is 5.47. The summed E-state index contributed by atoms with van der Waals surface area (Å²) in [5.41, 5.74) is 8.14. The molecular formula is C15H12Br2FNO. The summed E-state index contributed by atoms with van der Waals surface area (Å²) in [6.07, 6.45) is 0.511. The molecule has 104 valence electrons. The van der Waals surface area contributed by atoms with Crippen LogP contribution in [0.4, 0.5) is 4.39 Å². The van der Waals surface area contributed by atoms with E-state index in [1.54, 1.807) is 12.1 Å². The van der Waals surface area contributed by atoms with E-state index >= 15 is 0 Å². The predicted octanol–water partition coefficient (Wildman–Crippen LogP) is 4.87. The summed E-state index contributed by atoms with van der Waals surface area (Å²) in [6.45, 7) is 0. The Morgan fingerprint density at radius 1 is 1.15 bits per heavy atom. The normalized spacial score (nSPS) is 21.2. The van der Waals surface area contributed by atoms with Crippen LogP contribution in [0, 0.1) is 5.82 Å². The molecule has 20 heavy (non-hydrogen) atoms. The number of rotatable bonds is 1. The van der Waals surface area contributed by atoms with Crippen LogP contribution in [0.5, 0.6) is 5.75 Å². The van der Waals surface area contributed by atoms with E-state index in [2.05, 4.69) is 31.9 Å². The molecule has 2 nitrogen and oxygen atoms in total. The van der Waals surface area contributed by atoms with E-state index < -0.39 is 0 Å². The number of fused-ring (bicyclic) bond motifs is 1. The molecule has 2 N–H and O–H groups in total. The summed E-state index contributed by atoms with van der Waals surface area (Å²) < 4.78 is 20.7. The molecule has 0 radical (unpaired) electrons. The minimum atomic E-state index is -0.279. The highest BCUT2D eigenvalue weighted by molar-refractivity contribution is 9.10. The molecule has 2 atom stereocenters. The zero-order chi connectivity index (χ0) is 14.3. The number of benzene rings is 2. The fourth-order valence-electron chi connectivity index (χ4n) is 2.39. The van der Waals surface area contributed by atoms with E-state index in [0.717, 1.165) is 21.3 Å². The van der Waals surface area contributed by atoms with Crippen LogP contribution in [0.1, 0.15) is 29.7 Å². The van der Waals surface area contributed by atoms with Gasteiger partial charge in [-0.3, -0.25) is 0 Å². The maximum absolute atomic E-state index is 13.3. The van der Waals surface area contributed by atoms with Crippen molar-refractivity contribution in [1.29, 1.82) is 0 Å². The molecule has 3 rings (SSSR count). The predicted molar refractivity (Wildman–Crippen MR) is 83.2 cm³/mol. The van der Waals surface area contributed by atoms with Crippen LogP contribution in [-0.4, -0.2) is 0 Å². The Bertz CT molecular complexity index is 662. The first-order valence-corrected chi connectivity index (χ1v) is 7.80. The lowest BCUT2D eigenvalue weighted by Gasteiger charge is -2.30. The maximum atomic E-state index is 13.3. The number of hydrogen-bond acceptors (Lipinski definition) is 2. The van der Waals surface area contributed by atoms with Crippen LogP contribution in [0.15, 0.2) is 45.3 Å². The standard InChI is InChI=1S/C15H12Br2FNO/c16-9-2-4-14-10(6-9)13(19)7-15(20-14)8-1-3-12(18)11(17)5-8/h1-6,13,15H,7,19H2/t13-,15?/m0/s1. The van der Waals surface area contributed by atoms with Gasteiger partial charge in [0.2, 0.25) is 0 Å². The van der Waals surface area contributed by atoms with Gasteiger partial charge in [0.05, 0.1) is 4.47 Å². The van der Waals surface area contributed by atoms with Crippen molar-refractivity contribution in [2.24, 2.45) is 5.73 Å². The Labute approximate surface area is 133 Å². The van der Waals surface area contributed by atoms with E-state index in [4.69, 9.17) is 10.5 Å². The van der Waals surface area contributed by atoms with Crippen LogP contribution in [0.25, 0.3) is 0 Å². The minimum Gasteiger partial charge on any atom is -0.485 e. The summed E-state index contributed by atoms with van der Waals surface area (Å²) in [5, 5.41) is 0. The maximum Gasteiger partial charge on any atom is 0.137 e. The SMILES string of the molecule is N[C@H]1CC(c2ccc(F)c(Br)c2)Oc2ccc(Br)cc21. The second-order valence-corrected chi connectivity index (χ2v) is 6.57. The van der Waals surface area contributed by atoms with Crippen LogP contribution < -0.4 is 10.5 Å². The molecule has 0 aromatic heterocycles. The average molecular weight is 401 g/mol. The smallest absolute Gasteiger partial charge is 0.137 e. The fraction of sp³-hybridized carbons (Fsp3) is 0.200. The van der Waals surface area contributed by atoms with Crippen molar-refractivity contribution < 1.29 is 9.13 Å². The van der Waals surface area contributed by atoms with Gasteiger partial charge in [0.15, 0.2) is 0 Å². The van der Waals surface area contributed by atoms with Crippen LogP contribution in [-0.2, 0) is 0 Å². The van der Waals surface area contributed by atoms with Crippen molar-refractivity contribution in [1.82, 2.24) is 0 Å². The first-order valence-electron chi connectivity index (χ1n) is 6.21. The highest BCUT2D eigenvalue weighted by Gasteiger charge is 2.27. The molecule has 0 spiro atoms. The third-order valence-electron chi connectivity index (χ3n) is 3.42. The van der Waals surface area contributed by atoms with Gasteiger partial charge in [-0.05, 0) is 51.8 Å². The van der Waals surface area contributed by atoms with Crippen molar-refractivity contribution in [3.63, 3.8) is 0 Å². The van der Waals surface area contributed by atoms with E-state index in [9.17, 15) is 4.39 Å². The van der Waals surface area contributed by atoms with Gasteiger partial charge in [-0.15, -0.1) is 0 Å². The quantitative estimate of drug-likeness (QED) is 0.740. The van der Waals surface area contributed by atoms with Crippen molar-refractivity contribution in [3.8, 4) is 5.75 Å². The third-order valence-corrected chi connectivity index (χ3v) is 4.52. The van der Waals surface area contributed by atoms with Crippen molar-refractivity contribution in [2.45, 2.75) is 18.6 Å². The van der Waals surface area contributed by atoms with Crippen LogP contribution in [0.2, 0.25) is 0 Å². The van der Waals surface area contributed by atoms with Crippen molar-refractivity contribution >= 4 is 31.9 Å². The van der Waals surface area contributed by atoms with E-state index in [1.165, 1.54) is 6.07 Å². The van der Waals surface area contributed by atoms with Crippen LogP contribution in [0.3, 0.4) is 0 Å². The Morgan fingerprint density at radius 3 is 2.70 bits per heavy atom. The van der Waals surface area contributed by atoms with E-state index in [-0.39, 0.29) is 18.0 Å². The number of ether oxygens (including phenoxy) is 1. The third kappa shape index (κ3) is 2.62. The van der Waals surface area contributed by atoms with Gasteiger partial charge in [-0.25, -0.2) is 4.39 Å². The molecule has 0 aliphatic carbocycles. The summed E-state index contributed by atoms with van der Waals surface area (Å²) in [7, 11) is 0. The molecular weight excluding hydrogens is 389 g/mol. The summed E-state index contributed by atoms with van der Waals surface area (Å²) in [4.78, 5) is 0. The first-order chi connectivity index (χ1) is 9.54. The Balaban J connectivity index is 1.94. The highest BCUT2D eigenvalue weighted by Crippen LogP contribution is 2.41. The summed E-state index contributed by atoms with van der Waals surface area (Å²) in [6, 6.07) is 10.6.